The number of carbonyl (C=O) groups is 2. The molecule has 28 heavy (non-hydrogen) atoms. The Kier molecular flexibility index (Phi) is 5.36. The molecule has 0 bridgehead atoms. The van der Waals surface area contributed by atoms with Gasteiger partial charge < -0.3 is 20.5 Å². The highest BCUT2D eigenvalue weighted by Gasteiger charge is 2.35. The minimum atomic E-state index is -3.82. The topological polar surface area (TPSA) is 122 Å². The summed E-state index contributed by atoms with van der Waals surface area (Å²) in [4.78, 5) is 24.7. The second kappa shape index (κ2) is 7.73. The predicted octanol–water partition coefficient (Wildman–Crippen LogP) is 1.65. The highest BCUT2D eigenvalue weighted by Crippen LogP contribution is 2.30. The molecule has 1 aliphatic rings. The molecule has 1 heterocycles. The average molecular weight is 402 g/mol. The van der Waals surface area contributed by atoms with Gasteiger partial charge in [-0.2, -0.15) is 0 Å². The van der Waals surface area contributed by atoms with E-state index in [-0.39, 0.29) is 21.9 Å². The van der Waals surface area contributed by atoms with Crippen LogP contribution in [-0.2, 0) is 19.4 Å². The molecule has 2 amide bonds. The fourth-order valence-corrected chi connectivity index (χ4v) is 4.25. The standard InChI is InChI=1S/C19H18N2O6S/c1-27-18(23)16-15(11-28(25,26)14-5-3-2-4-6-14)20-19(24)21-17(16)12-7-9-13(22)10-8-12/h2-10,17,22H,11H2,1H3,(H2,20,21,24)/t17-/m0/s1. The SMILES string of the molecule is COC(=O)C1=C(CS(=O)(=O)c2ccccc2)NC(=O)N[C@H]1c1ccc(O)cc1. The molecule has 0 radical (unpaired) electrons. The third kappa shape index (κ3) is 3.99. The van der Waals surface area contributed by atoms with Crippen molar-refractivity contribution >= 4 is 21.8 Å². The van der Waals surface area contributed by atoms with Gasteiger partial charge in [-0.05, 0) is 29.8 Å². The molecule has 0 saturated carbocycles. The van der Waals surface area contributed by atoms with E-state index in [9.17, 15) is 23.1 Å². The van der Waals surface area contributed by atoms with Crippen molar-refractivity contribution < 1.29 is 27.9 Å². The minimum Gasteiger partial charge on any atom is -0.508 e. The van der Waals surface area contributed by atoms with E-state index in [0.29, 0.717) is 5.56 Å². The number of hydrogen-bond donors (Lipinski definition) is 3. The summed E-state index contributed by atoms with van der Waals surface area (Å²) in [6.07, 6.45) is 0. The van der Waals surface area contributed by atoms with Gasteiger partial charge in [0.25, 0.3) is 0 Å². The van der Waals surface area contributed by atoms with Crippen molar-refractivity contribution in [1.29, 1.82) is 0 Å². The van der Waals surface area contributed by atoms with Gasteiger partial charge in [0.2, 0.25) is 0 Å². The lowest BCUT2D eigenvalue weighted by atomic mass is 9.95. The van der Waals surface area contributed by atoms with E-state index in [4.69, 9.17) is 4.74 Å². The third-order valence-electron chi connectivity index (χ3n) is 4.22. The Morgan fingerprint density at radius 1 is 1.11 bits per heavy atom. The predicted molar refractivity (Wildman–Crippen MR) is 100 cm³/mol. The van der Waals surface area contributed by atoms with Gasteiger partial charge in [0.05, 0.1) is 29.4 Å². The van der Waals surface area contributed by atoms with Gasteiger partial charge in [0.15, 0.2) is 9.84 Å². The molecule has 1 atom stereocenters. The van der Waals surface area contributed by atoms with Gasteiger partial charge in [-0.3, -0.25) is 0 Å². The van der Waals surface area contributed by atoms with Gasteiger partial charge in [0.1, 0.15) is 5.75 Å². The van der Waals surface area contributed by atoms with Crippen LogP contribution in [0.1, 0.15) is 11.6 Å². The molecule has 0 unspecified atom stereocenters. The number of methoxy groups -OCH3 is 1. The number of esters is 1. The van der Waals surface area contributed by atoms with Crippen LogP contribution in [0.3, 0.4) is 0 Å². The first kappa shape index (κ1) is 19.4. The molecule has 8 nitrogen and oxygen atoms in total. The van der Waals surface area contributed by atoms with Crippen LogP contribution >= 0.6 is 0 Å². The van der Waals surface area contributed by atoms with E-state index in [1.807, 2.05) is 0 Å². The van der Waals surface area contributed by atoms with Crippen molar-refractivity contribution in [3.05, 3.63) is 71.4 Å². The number of benzene rings is 2. The summed E-state index contributed by atoms with van der Waals surface area (Å²) in [6, 6.07) is 12.0. The van der Waals surface area contributed by atoms with Crippen LogP contribution in [0, 0.1) is 0 Å². The Hall–Kier alpha value is -3.33. The lowest BCUT2D eigenvalue weighted by Crippen LogP contribution is -2.47. The number of rotatable bonds is 5. The zero-order valence-electron chi connectivity index (χ0n) is 14.9. The van der Waals surface area contributed by atoms with Crippen LogP contribution in [0.25, 0.3) is 0 Å². The fraction of sp³-hybridized carbons (Fsp3) is 0.158. The zero-order chi connectivity index (χ0) is 20.3. The number of phenols is 1. The molecule has 3 rings (SSSR count). The molecule has 1 aliphatic heterocycles. The number of urea groups is 1. The van der Waals surface area contributed by atoms with Crippen LogP contribution in [0.2, 0.25) is 0 Å². The van der Waals surface area contributed by atoms with Crippen LogP contribution < -0.4 is 10.6 Å². The Labute approximate surface area is 161 Å². The molecular weight excluding hydrogens is 384 g/mol. The van der Waals surface area contributed by atoms with Gasteiger partial charge in [0, 0.05) is 5.70 Å². The largest absolute Gasteiger partial charge is 0.508 e. The first-order valence-corrected chi connectivity index (χ1v) is 9.92. The minimum absolute atomic E-state index is 0.0134. The summed E-state index contributed by atoms with van der Waals surface area (Å²) in [5, 5.41) is 14.5. The van der Waals surface area contributed by atoms with Crippen molar-refractivity contribution in [2.24, 2.45) is 0 Å². The summed E-state index contributed by atoms with van der Waals surface area (Å²) in [5.41, 5.74) is 0.410. The molecule has 3 N–H and O–H groups in total. The maximum Gasteiger partial charge on any atom is 0.338 e. The fourth-order valence-electron chi connectivity index (χ4n) is 2.90. The van der Waals surface area contributed by atoms with Crippen molar-refractivity contribution in [2.45, 2.75) is 10.9 Å². The number of carbonyl (C=O) groups excluding carboxylic acids is 2. The molecule has 2 aromatic rings. The van der Waals surface area contributed by atoms with Crippen LogP contribution in [0.5, 0.6) is 5.75 Å². The van der Waals surface area contributed by atoms with Crippen molar-refractivity contribution in [3.63, 3.8) is 0 Å². The summed E-state index contributed by atoms with van der Waals surface area (Å²) in [5.74, 6) is -1.34. The van der Waals surface area contributed by atoms with Gasteiger partial charge in [-0.1, -0.05) is 30.3 Å². The zero-order valence-corrected chi connectivity index (χ0v) is 15.7. The van der Waals surface area contributed by atoms with E-state index >= 15 is 0 Å². The van der Waals surface area contributed by atoms with Crippen LogP contribution in [0.15, 0.2) is 70.8 Å². The number of phenolic OH excluding ortho intramolecular Hbond substituents is 1. The Morgan fingerprint density at radius 2 is 1.75 bits per heavy atom. The van der Waals surface area contributed by atoms with Crippen LogP contribution in [0.4, 0.5) is 4.79 Å². The van der Waals surface area contributed by atoms with Gasteiger partial charge in [-0.25, -0.2) is 18.0 Å². The molecule has 9 heteroatoms. The summed E-state index contributed by atoms with van der Waals surface area (Å²) in [6.45, 7) is 0. The van der Waals surface area contributed by atoms with Crippen LogP contribution in [-0.4, -0.2) is 38.4 Å². The molecule has 2 aromatic carbocycles. The number of ether oxygens (including phenoxy) is 1. The summed E-state index contributed by atoms with van der Waals surface area (Å²) < 4.78 is 30.3. The third-order valence-corrected chi connectivity index (χ3v) is 5.88. The second-order valence-corrected chi connectivity index (χ2v) is 8.07. The molecule has 0 fully saturated rings. The highest BCUT2D eigenvalue weighted by molar-refractivity contribution is 7.91. The van der Waals surface area contributed by atoms with Crippen molar-refractivity contribution in [3.8, 4) is 5.75 Å². The maximum atomic E-state index is 12.8. The normalized spacial score (nSPS) is 16.9. The molecular formula is C19H18N2O6S. The molecule has 0 aliphatic carbocycles. The Balaban J connectivity index is 2.09. The number of aromatic hydroxyl groups is 1. The lowest BCUT2D eigenvalue weighted by molar-refractivity contribution is -0.136. The Morgan fingerprint density at radius 3 is 2.36 bits per heavy atom. The lowest BCUT2D eigenvalue weighted by Gasteiger charge is -2.29. The molecule has 0 aromatic heterocycles. The molecule has 0 saturated heterocycles. The highest BCUT2D eigenvalue weighted by atomic mass is 32.2. The molecule has 0 spiro atoms. The monoisotopic (exact) mass is 402 g/mol. The van der Waals surface area contributed by atoms with E-state index in [0.717, 1.165) is 0 Å². The first-order valence-electron chi connectivity index (χ1n) is 8.27. The van der Waals surface area contributed by atoms with Gasteiger partial charge >= 0.3 is 12.0 Å². The average Bonchev–Trinajstić information content (AvgIpc) is 2.68. The van der Waals surface area contributed by atoms with E-state index < -0.39 is 33.6 Å². The quantitative estimate of drug-likeness (QED) is 0.654. The van der Waals surface area contributed by atoms with E-state index in [1.165, 1.54) is 43.5 Å². The number of sulfone groups is 1. The number of nitrogens with one attached hydrogen (secondary N) is 2. The number of hydrogen-bond acceptors (Lipinski definition) is 6. The second-order valence-electron chi connectivity index (χ2n) is 6.08. The van der Waals surface area contributed by atoms with Crippen molar-refractivity contribution in [1.82, 2.24) is 10.6 Å². The maximum absolute atomic E-state index is 12.8. The molecule has 146 valence electrons. The number of amides is 2. The van der Waals surface area contributed by atoms with Crippen molar-refractivity contribution in [2.75, 3.05) is 12.9 Å². The Bertz CT molecular complexity index is 1030. The summed E-state index contributed by atoms with van der Waals surface area (Å²) in [7, 11) is -2.65. The first-order chi connectivity index (χ1) is 13.3. The summed E-state index contributed by atoms with van der Waals surface area (Å²) >= 11 is 0. The smallest absolute Gasteiger partial charge is 0.338 e. The van der Waals surface area contributed by atoms with E-state index in [1.54, 1.807) is 18.2 Å². The van der Waals surface area contributed by atoms with Gasteiger partial charge in [-0.15, -0.1) is 0 Å². The van der Waals surface area contributed by atoms with E-state index in [2.05, 4.69) is 10.6 Å².